The first-order valence-corrected chi connectivity index (χ1v) is 5.81. The Kier molecular flexibility index (Phi) is 4.62. The molecule has 0 spiro atoms. The van der Waals surface area contributed by atoms with E-state index in [1.165, 1.54) is 0 Å². The molecule has 1 heterocycles. The second kappa shape index (κ2) is 5.36. The van der Waals surface area contributed by atoms with E-state index >= 15 is 0 Å². The van der Waals surface area contributed by atoms with E-state index in [0.29, 0.717) is 6.04 Å². The molecule has 0 saturated carbocycles. The summed E-state index contributed by atoms with van der Waals surface area (Å²) in [7, 11) is 2.06. The summed E-state index contributed by atoms with van der Waals surface area (Å²) in [4.78, 5) is 2.24. The van der Waals surface area contributed by atoms with Crippen LogP contribution in [0.25, 0.3) is 0 Å². The number of likely N-dealkylation sites (tertiary alicyclic amines) is 1. The number of rotatable bonds is 3. The first-order valence-electron chi connectivity index (χ1n) is 5.81. The smallest absolute Gasteiger partial charge is 0.311 e. The number of hydrogen-bond donors (Lipinski definition) is 1. The molecule has 0 bridgehead atoms. The normalized spacial score (nSPS) is 30.4. The maximum atomic E-state index is 12.2. The molecule has 1 aliphatic rings. The van der Waals surface area contributed by atoms with E-state index in [2.05, 4.69) is 24.2 Å². The summed E-state index contributed by atoms with van der Waals surface area (Å²) >= 11 is 0. The van der Waals surface area contributed by atoms with Crippen LogP contribution in [0.3, 0.4) is 0 Å². The Morgan fingerprint density at radius 2 is 2.06 bits per heavy atom. The van der Waals surface area contributed by atoms with Crippen LogP contribution in [0.1, 0.15) is 33.1 Å². The average Bonchev–Trinajstić information content (AvgIpc) is 2.08. The zero-order valence-electron chi connectivity index (χ0n) is 10.1. The minimum absolute atomic E-state index is 0.226. The van der Waals surface area contributed by atoms with Gasteiger partial charge in [0.1, 0.15) is 0 Å². The zero-order valence-corrected chi connectivity index (χ0v) is 10.1. The number of alkyl halides is 3. The summed E-state index contributed by atoms with van der Waals surface area (Å²) in [5.41, 5.74) is 0. The van der Waals surface area contributed by atoms with Crippen molar-refractivity contribution in [2.75, 3.05) is 13.6 Å². The van der Waals surface area contributed by atoms with E-state index in [0.717, 1.165) is 19.4 Å². The van der Waals surface area contributed by atoms with Gasteiger partial charge in [0, 0.05) is 18.1 Å². The maximum absolute atomic E-state index is 12.2. The summed E-state index contributed by atoms with van der Waals surface area (Å²) in [6.07, 6.45) is -2.95. The van der Waals surface area contributed by atoms with Gasteiger partial charge in [-0.3, -0.25) is 0 Å². The summed E-state index contributed by atoms with van der Waals surface area (Å²) in [5, 5.41) is 3.08. The van der Waals surface area contributed by atoms with Crippen LogP contribution >= 0.6 is 0 Å². The van der Waals surface area contributed by atoms with Crippen LogP contribution in [0, 0.1) is 0 Å². The van der Waals surface area contributed by atoms with Gasteiger partial charge in [-0.15, -0.1) is 0 Å². The minimum atomic E-state index is -4.07. The van der Waals surface area contributed by atoms with Gasteiger partial charge in [0.15, 0.2) is 0 Å². The van der Waals surface area contributed by atoms with Gasteiger partial charge >= 0.3 is 6.18 Å². The summed E-state index contributed by atoms with van der Waals surface area (Å²) in [6, 6.07) is 0.188. The molecule has 1 rings (SSSR count). The molecule has 0 aliphatic carbocycles. The number of halogens is 3. The highest BCUT2D eigenvalue weighted by Gasteiger charge is 2.31. The van der Waals surface area contributed by atoms with E-state index < -0.39 is 18.6 Å². The molecule has 0 aromatic carbocycles. The van der Waals surface area contributed by atoms with Crippen molar-refractivity contribution >= 4 is 0 Å². The first-order chi connectivity index (χ1) is 7.28. The highest BCUT2D eigenvalue weighted by atomic mass is 19.4. The van der Waals surface area contributed by atoms with Crippen molar-refractivity contribution in [1.82, 2.24) is 10.2 Å². The van der Waals surface area contributed by atoms with Crippen LogP contribution in [-0.2, 0) is 0 Å². The molecule has 1 fully saturated rings. The largest absolute Gasteiger partial charge is 0.390 e. The fourth-order valence-electron chi connectivity index (χ4n) is 2.25. The quantitative estimate of drug-likeness (QED) is 0.812. The van der Waals surface area contributed by atoms with Gasteiger partial charge in [-0.05, 0) is 40.3 Å². The van der Waals surface area contributed by atoms with Gasteiger partial charge in [-0.1, -0.05) is 0 Å². The van der Waals surface area contributed by atoms with Crippen molar-refractivity contribution in [2.45, 2.75) is 57.4 Å². The van der Waals surface area contributed by atoms with E-state index in [-0.39, 0.29) is 6.04 Å². The van der Waals surface area contributed by atoms with Gasteiger partial charge in [0.05, 0.1) is 6.42 Å². The van der Waals surface area contributed by atoms with E-state index in [1.54, 1.807) is 6.92 Å². The van der Waals surface area contributed by atoms with Crippen LogP contribution in [0.15, 0.2) is 0 Å². The van der Waals surface area contributed by atoms with Crippen LogP contribution in [-0.4, -0.2) is 42.8 Å². The maximum Gasteiger partial charge on any atom is 0.390 e. The van der Waals surface area contributed by atoms with Gasteiger partial charge in [-0.2, -0.15) is 13.2 Å². The van der Waals surface area contributed by atoms with Crippen LogP contribution in [0.5, 0.6) is 0 Å². The third kappa shape index (κ3) is 4.70. The molecule has 1 saturated heterocycles. The minimum Gasteiger partial charge on any atom is -0.311 e. The number of nitrogens with one attached hydrogen (secondary N) is 1. The highest BCUT2D eigenvalue weighted by molar-refractivity contribution is 4.83. The Hall–Kier alpha value is -0.290. The standard InChI is InChI=1S/C11H21F3N2/c1-8(7-11(12,13)14)15-10-4-5-16(3)9(2)6-10/h8-10,15H,4-7H2,1-3H3. The fraction of sp³-hybridized carbons (Fsp3) is 1.00. The zero-order chi connectivity index (χ0) is 12.3. The Morgan fingerprint density at radius 3 is 2.56 bits per heavy atom. The van der Waals surface area contributed by atoms with E-state index in [1.807, 2.05) is 0 Å². The van der Waals surface area contributed by atoms with Crippen molar-refractivity contribution in [3.63, 3.8) is 0 Å². The third-order valence-electron chi connectivity index (χ3n) is 3.27. The Morgan fingerprint density at radius 1 is 1.44 bits per heavy atom. The van der Waals surface area contributed by atoms with Crippen molar-refractivity contribution in [2.24, 2.45) is 0 Å². The molecule has 3 unspecified atom stereocenters. The van der Waals surface area contributed by atoms with Crippen LogP contribution in [0.4, 0.5) is 13.2 Å². The fourth-order valence-corrected chi connectivity index (χ4v) is 2.25. The molecule has 0 amide bonds. The molecular formula is C11H21F3N2. The predicted molar refractivity (Wildman–Crippen MR) is 58.4 cm³/mol. The van der Waals surface area contributed by atoms with Gasteiger partial charge in [0.2, 0.25) is 0 Å². The Bertz CT molecular complexity index is 218. The van der Waals surface area contributed by atoms with Crippen molar-refractivity contribution in [3.8, 4) is 0 Å². The molecule has 5 heteroatoms. The number of nitrogens with zero attached hydrogens (tertiary/aromatic N) is 1. The van der Waals surface area contributed by atoms with Crippen molar-refractivity contribution in [1.29, 1.82) is 0 Å². The summed E-state index contributed by atoms with van der Waals surface area (Å²) in [5.74, 6) is 0. The lowest BCUT2D eigenvalue weighted by molar-refractivity contribution is -0.139. The molecule has 96 valence electrons. The molecule has 1 aliphatic heterocycles. The lowest BCUT2D eigenvalue weighted by Gasteiger charge is -2.36. The van der Waals surface area contributed by atoms with Gasteiger partial charge in [-0.25, -0.2) is 0 Å². The Balaban J connectivity index is 2.32. The monoisotopic (exact) mass is 238 g/mol. The lowest BCUT2D eigenvalue weighted by atomic mass is 9.98. The SMILES string of the molecule is CC(CC(F)(F)F)NC1CCN(C)C(C)C1. The van der Waals surface area contributed by atoms with Crippen molar-refractivity contribution < 1.29 is 13.2 Å². The van der Waals surface area contributed by atoms with Crippen molar-refractivity contribution in [3.05, 3.63) is 0 Å². The van der Waals surface area contributed by atoms with E-state index in [9.17, 15) is 13.2 Å². The van der Waals surface area contributed by atoms with Crippen LogP contribution in [0.2, 0.25) is 0 Å². The van der Waals surface area contributed by atoms with Gasteiger partial charge < -0.3 is 10.2 Å². The van der Waals surface area contributed by atoms with E-state index in [4.69, 9.17) is 0 Å². The summed E-state index contributed by atoms with van der Waals surface area (Å²) in [6.45, 7) is 4.68. The molecule has 16 heavy (non-hydrogen) atoms. The van der Waals surface area contributed by atoms with Crippen LogP contribution < -0.4 is 5.32 Å². The molecular weight excluding hydrogens is 217 g/mol. The predicted octanol–water partition coefficient (Wildman–Crippen LogP) is 2.40. The molecule has 1 N–H and O–H groups in total. The Labute approximate surface area is 95.2 Å². The molecule has 0 aromatic rings. The lowest BCUT2D eigenvalue weighted by Crippen LogP contribution is -2.48. The highest BCUT2D eigenvalue weighted by Crippen LogP contribution is 2.23. The molecule has 0 radical (unpaired) electrons. The van der Waals surface area contributed by atoms with Gasteiger partial charge in [0.25, 0.3) is 0 Å². The average molecular weight is 238 g/mol. The summed E-state index contributed by atoms with van der Waals surface area (Å²) < 4.78 is 36.5. The molecule has 3 atom stereocenters. The number of piperidine rings is 1. The molecule has 2 nitrogen and oxygen atoms in total. The third-order valence-corrected chi connectivity index (χ3v) is 3.27. The topological polar surface area (TPSA) is 15.3 Å². The second-order valence-corrected chi connectivity index (χ2v) is 4.94. The number of hydrogen-bond acceptors (Lipinski definition) is 2. The molecule has 0 aromatic heterocycles. The second-order valence-electron chi connectivity index (χ2n) is 4.94. The first kappa shape index (κ1) is 13.8.